The van der Waals surface area contributed by atoms with Gasteiger partial charge in [0.1, 0.15) is 0 Å². The summed E-state index contributed by atoms with van der Waals surface area (Å²) in [7, 11) is 0. The van der Waals surface area contributed by atoms with Gasteiger partial charge in [0.05, 0.1) is 31.8 Å². The van der Waals surface area contributed by atoms with Gasteiger partial charge in [-0.3, -0.25) is 0 Å². The number of hydrogen-bond acceptors (Lipinski definition) is 4. The molecule has 60 valence electrons. The van der Waals surface area contributed by atoms with E-state index >= 15 is 0 Å². The molecule has 0 radical (unpaired) electrons. The van der Waals surface area contributed by atoms with Crippen LogP contribution in [0.25, 0.3) is 0 Å². The molecule has 5 heteroatoms. The van der Waals surface area contributed by atoms with E-state index in [9.17, 15) is 0 Å². The van der Waals surface area contributed by atoms with E-state index in [1.54, 1.807) is 0 Å². The van der Waals surface area contributed by atoms with Gasteiger partial charge in [-0.15, -0.1) is 0 Å². The zero-order valence-electron chi connectivity index (χ0n) is 7.82. The van der Waals surface area contributed by atoms with Crippen molar-refractivity contribution in [1.82, 2.24) is 0 Å². The Kier molecular flexibility index (Phi) is 8.36. The van der Waals surface area contributed by atoms with Crippen molar-refractivity contribution in [1.29, 1.82) is 0 Å². The normalized spacial score (nSPS) is 10.8. The van der Waals surface area contributed by atoms with Crippen LogP contribution >= 0.6 is 0 Å². The second-order valence-corrected chi connectivity index (χ2v) is 2.13. The number of rotatable bonds is 4. The molecule has 0 rings (SSSR count). The molecule has 0 fully saturated rings. The van der Waals surface area contributed by atoms with Crippen LogP contribution in [0, 0.1) is 5.41 Å². The van der Waals surface area contributed by atoms with Crippen molar-refractivity contribution in [3.63, 3.8) is 0 Å². The first-order valence-electron chi connectivity index (χ1n) is 2.68. The van der Waals surface area contributed by atoms with Gasteiger partial charge in [-0.05, 0) is 0 Å². The van der Waals surface area contributed by atoms with Crippen LogP contribution in [-0.4, -0.2) is 69.9 Å². The SMILES string of the molecule is OCC(CO)(CO)CO.[H-].[H-].[Mg+2]. The third-order valence-electron chi connectivity index (χ3n) is 1.34. The summed E-state index contributed by atoms with van der Waals surface area (Å²) in [5.74, 6) is 0. The van der Waals surface area contributed by atoms with Gasteiger partial charge < -0.3 is 23.3 Å². The Hall–Kier alpha value is 0.606. The number of aliphatic hydroxyl groups is 4. The summed E-state index contributed by atoms with van der Waals surface area (Å²) in [5.41, 5.74) is -1.11. The van der Waals surface area contributed by atoms with Gasteiger partial charge in [0.15, 0.2) is 0 Å². The monoisotopic (exact) mass is 162 g/mol. The molecule has 0 saturated carbocycles. The molecule has 0 bridgehead atoms. The van der Waals surface area contributed by atoms with Crippen molar-refractivity contribution < 1.29 is 23.3 Å². The van der Waals surface area contributed by atoms with E-state index in [1.165, 1.54) is 0 Å². The first-order chi connectivity index (χ1) is 4.24. The van der Waals surface area contributed by atoms with Crippen LogP contribution in [0.15, 0.2) is 0 Å². The third-order valence-corrected chi connectivity index (χ3v) is 1.34. The maximum atomic E-state index is 8.50. The van der Waals surface area contributed by atoms with Crippen LogP contribution in [0.2, 0.25) is 0 Å². The Labute approximate surface area is 78.6 Å². The summed E-state index contributed by atoms with van der Waals surface area (Å²) >= 11 is 0. The smallest absolute Gasteiger partial charge is 1.00 e. The molecule has 0 aromatic heterocycles. The van der Waals surface area contributed by atoms with Gasteiger partial charge >= 0.3 is 23.1 Å². The van der Waals surface area contributed by atoms with E-state index in [1.807, 2.05) is 0 Å². The van der Waals surface area contributed by atoms with E-state index in [2.05, 4.69) is 0 Å². The Morgan fingerprint density at radius 2 is 1.00 bits per heavy atom. The summed E-state index contributed by atoms with van der Waals surface area (Å²) in [5, 5.41) is 34.0. The molecule has 0 aromatic rings. The van der Waals surface area contributed by atoms with Crippen molar-refractivity contribution in [2.45, 2.75) is 0 Å². The molecule has 0 saturated heterocycles. The van der Waals surface area contributed by atoms with Crippen LogP contribution in [0.4, 0.5) is 0 Å². The summed E-state index contributed by atoms with van der Waals surface area (Å²) in [6.45, 7) is -1.62. The Bertz CT molecular complexity index is 64.3. The molecule has 0 aliphatic rings. The minimum atomic E-state index is -1.11. The molecular formula is C5H14MgO4. The van der Waals surface area contributed by atoms with Crippen molar-refractivity contribution in [2.24, 2.45) is 5.41 Å². The van der Waals surface area contributed by atoms with Crippen LogP contribution in [0.3, 0.4) is 0 Å². The van der Waals surface area contributed by atoms with Gasteiger partial charge in [0.2, 0.25) is 0 Å². The quantitative estimate of drug-likeness (QED) is 0.353. The zero-order chi connectivity index (χ0) is 7.33. The molecule has 0 amide bonds. The molecule has 10 heavy (non-hydrogen) atoms. The second kappa shape index (κ2) is 6.32. The van der Waals surface area contributed by atoms with E-state index < -0.39 is 31.8 Å². The summed E-state index contributed by atoms with van der Waals surface area (Å²) in [4.78, 5) is 0. The van der Waals surface area contributed by atoms with Crippen molar-refractivity contribution in [3.05, 3.63) is 0 Å². The fraction of sp³-hybridized carbons (Fsp3) is 1.00. The van der Waals surface area contributed by atoms with E-state index in [0.29, 0.717) is 0 Å². The molecule has 0 spiro atoms. The fourth-order valence-electron chi connectivity index (χ4n) is 0.300. The molecular weight excluding hydrogens is 148 g/mol. The van der Waals surface area contributed by atoms with Crippen LogP contribution in [-0.2, 0) is 0 Å². The fourth-order valence-corrected chi connectivity index (χ4v) is 0.300. The minimum Gasteiger partial charge on any atom is -1.00 e. The maximum absolute atomic E-state index is 8.50. The number of aliphatic hydroxyl groups excluding tert-OH is 4. The molecule has 4 nitrogen and oxygen atoms in total. The van der Waals surface area contributed by atoms with Gasteiger partial charge in [-0.2, -0.15) is 0 Å². The second-order valence-electron chi connectivity index (χ2n) is 2.13. The molecule has 0 atom stereocenters. The molecule has 0 aliphatic heterocycles. The maximum Gasteiger partial charge on any atom is 2.00 e. The van der Waals surface area contributed by atoms with Crippen LogP contribution < -0.4 is 0 Å². The van der Waals surface area contributed by atoms with Gasteiger partial charge in [-0.1, -0.05) is 0 Å². The Morgan fingerprint density at radius 1 is 0.800 bits per heavy atom. The average molecular weight is 162 g/mol. The van der Waals surface area contributed by atoms with E-state index in [0.717, 1.165) is 0 Å². The van der Waals surface area contributed by atoms with Crippen LogP contribution in [0.5, 0.6) is 0 Å². The molecule has 0 heterocycles. The topological polar surface area (TPSA) is 80.9 Å². The van der Waals surface area contributed by atoms with Gasteiger partial charge in [-0.25, -0.2) is 0 Å². The first-order valence-corrected chi connectivity index (χ1v) is 2.68. The van der Waals surface area contributed by atoms with Crippen molar-refractivity contribution in [2.75, 3.05) is 26.4 Å². The third kappa shape index (κ3) is 3.13. The van der Waals surface area contributed by atoms with Gasteiger partial charge in [0, 0.05) is 0 Å². The summed E-state index contributed by atoms with van der Waals surface area (Å²) in [6, 6.07) is 0. The summed E-state index contributed by atoms with van der Waals surface area (Å²) in [6.07, 6.45) is 0. The molecule has 4 N–H and O–H groups in total. The van der Waals surface area contributed by atoms with E-state index in [-0.39, 0.29) is 25.9 Å². The van der Waals surface area contributed by atoms with Gasteiger partial charge in [0.25, 0.3) is 0 Å². The predicted octanol–water partition coefficient (Wildman–Crippen LogP) is -2.21. The molecule has 0 aliphatic carbocycles. The number of hydrogen-bond donors (Lipinski definition) is 4. The summed E-state index contributed by atoms with van der Waals surface area (Å²) < 4.78 is 0. The van der Waals surface area contributed by atoms with Crippen molar-refractivity contribution in [3.8, 4) is 0 Å². The average Bonchev–Trinajstić information content (AvgIpc) is 1.95. The molecule has 0 aromatic carbocycles. The predicted molar refractivity (Wildman–Crippen MR) is 38.8 cm³/mol. The standard InChI is InChI=1S/C5H12O4.Mg.2H/c6-1-5(2-7,3-8)4-9;;;/h6-9H,1-4H2;;;/q;+2;2*-1. The zero-order valence-corrected chi connectivity index (χ0v) is 7.24. The van der Waals surface area contributed by atoms with Crippen molar-refractivity contribution >= 4 is 23.1 Å². The Balaban J connectivity index is -0.000000107. The first kappa shape index (κ1) is 13.2. The Morgan fingerprint density at radius 3 is 1.00 bits per heavy atom. The molecule has 0 unspecified atom stereocenters. The van der Waals surface area contributed by atoms with E-state index in [4.69, 9.17) is 20.4 Å². The minimum absolute atomic E-state index is 0. The van der Waals surface area contributed by atoms with Crippen LogP contribution in [0.1, 0.15) is 2.85 Å². The largest absolute Gasteiger partial charge is 2.00 e.